The van der Waals surface area contributed by atoms with Gasteiger partial charge in [-0.1, -0.05) is 57.4 Å². The van der Waals surface area contributed by atoms with Gasteiger partial charge in [-0.15, -0.1) is 0 Å². The molecule has 2 saturated heterocycles. The van der Waals surface area contributed by atoms with Crippen LogP contribution in [0, 0.1) is 5.41 Å². The van der Waals surface area contributed by atoms with E-state index in [0.29, 0.717) is 24.0 Å². The second kappa shape index (κ2) is 8.38. The summed E-state index contributed by atoms with van der Waals surface area (Å²) in [6.07, 6.45) is 15.4. The lowest BCUT2D eigenvalue weighted by Gasteiger charge is -2.56. The minimum absolute atomic E-state index is 0.110. The van der Waals surface area contributed by atoms with E-state index in [-0.39, 0.29) is 29.7 Å². The summed E-state index contributed by atoms with van der Waals surface area (Å²) in [4.78, 5) is 40.9. The molecule has 1 N–H and O–H groups in total. The van der Waals surface area contributed by atoms with E-state index in [9.17, 15) is 14.4 Å². The first kappa shape index (κ1) is 22.0. The van der Waals surface area contributed by atoms with Gasteiger partial charge in [-0.05, 0) is 37.2 Å². The van der Waals surface area contributed by atoms with Gasteiger partial charge in [-0.3, -0.25) is 24.6 Å². The summed E-state index contributed by atoms with van der Waals surface area (Å²) in [7, 11) is 0. The molecule has 6 nitrogen and oxygen atoms in total. The maximum Gasteiger partial charge on any atom is 0.255 e. The fourth-order valence-electron chi connectivity index (χ4n) is 5.60. The summed E-state index contributed by atoms with van der Waals surface area (Å²) >= 11 is 0. The van der Waals surface area contributed by atoms with E-state index in [0.717, 1.165) is 18.7 Å². The topological polar surface area (TPSA) is 69.7 Å². The van der Waals surface area contributed by atoms with Crippen LogP contribution in [0.15, 0.2) is 35.5 Å². The van der Waals surface area contributed by atoms with E-state index in [2.05, 4.69) is 49.2 Å². The van der Waals surface area contributed by atoms with Crippen molar-refractivity contribution in [2.75, 3.05) is 19.6 Å². The van der Waals surface area contributed by atoms with Crippen molar-refractivity contribution >= 4 is 17.7 Å². The zero-order valence-electron chi connectivity index (χ0n) is 19.1. The number of amides is 3. The largest absolute Gasteiger partial charge is 0.322 e. The second-order valence-electron chi connectivity index (χ2n) is 9.94. The number of piperidine rings is 1. The molecule has 0 aromatic rings. The van der Waals surface area contributed by atoms with Gasteiger partial charge >= 0.3 is 0 Å². The van der Waals surface area contributed by atoms with Crippen LogP contribution in [0.4, 0.5) is 0 Å². The van der Waals surface area contributed by atoms with E-state index < -0.39 is 6.04 Å². The Bertz CT molecular complexity index is 865. The number of unbranched alkanes of at least 4 members (excludes halogenated alkanes) is 1. The van der Waals surface area contributed by atoms with Crippen LogP contribution >= 0.6 is 0 Å². The van der Waals surface area contributed by atoms with Crippen molar-refractivity contribution in [3.63, 3.8) is 0 Å². The molecule has 31 heavy (non-hydrogen) atoms. The Balaban J connectivity index is 1.44. The minimum Gasteiger partial charge on any atom is -0.322 e. The van der Waals surface area contributed by atoms with Crippen molar-refractivity contribution in [2.24, 2.45) is 5.41 Å². The highest BCUT2D eigenvalue weighted by atomic mass is 16.2. The third kappa shape index (κ3) is 4.02. The normalized spacial score (nSPS) is 30.4. The Labute approximate surface area is 185 Å². The first-order valence-electron chi connectivity index (χ1n) is 11.8. The number of likely N-dealkylation sites (tertiary alicyclic amines) is 1. The molecule has 6 heteroatoms. The van der Waals surface area contributed by atoms with Crippen LogP contribution in [-0.4, -0.2) is 58.7 Å². The van der Waals surface area contributed by atoms with Gasteiger partial charge < -0.3 is 4.90 Å². The number of hydrogen-bond acceptors (Lipinski definition) is 4. The lowest BCUT2D eigenvalue weighted by molar-refractivity contribution is -0.142. The van der Waals surface area contributed by atoms with Crippen LogP contribution in [-0.2, 0) is 14.4 Å². The lowest BCUT2D eigenvalue weighted by atomic mass is 9.70. The molecule has 1 aliphatic carbocycles. The Morgan fingerprint density at radius 3 is 2.48 bits per heavy atom. The number of carbonyl (C=O) groups is 3. The summed E-state index contributed by atoms with van der Waals surface area (Å²) < 4.78 is 0. The molecule has 2 unspecified atom stereocenters. The smallest absolute Gasteiger partial charge is 0.255 e. The molecule has 4 rings (SSSR count). The van der Waals surface area contributed by atoms with Crippen LogP contribution in [0.1, 0.15) is 65.7 Å². The second-order valence-corrected chi connectivity index (χ2v) is 9.94. The highest BCUT2D eigenvalue weighted by molar-refractivity contribution is 6.06. The van der Waals surface area contributed by atoms with Gasteiger partial charge in [-0.25, -0.2) is 0 Å². The first-order valence-corrected chi connectivity index (χ1v) is 11.8. The Kier molecular flexibility index (Phi) is 5.95. The van der Waals surface area contributed by atoms with Crippen molar-refractivity contribution in [3.05, 3.63) is 35.5 Å². The van der Waals surface area contributed by atoms with E-state index in [4.69, 9.17) is 0 Å². The van der Waals surface area contributed by atoms with Gasteiger partial charge in [0.25, 0.3) is 5.91 Å². The molecule has 0 aromatic carbocycles. The molecular formula is C25H35N3O3. The summed E-state index contributed by atoms with van der Waals surface area (Å²) in [6, 6.07) is -0.561. The fraction of sp³-hybridized carbons (Fsp3) is 0.640. The Morgan fingerprint density at radius 2 is 1.81 bits per heavy atom. The average Bonchev–Trinajstić information content (AvgIpc) is 2.91. The Hall–Kier alpha value is -2.21. The maximum atomic E-state index is 13.1. The summed E-state index contributed by atoms with van der Waals surface area (Å²) in [6.45, 7) is 9.39. The van der Waals surface area contributed by atoms with Crippen molar-refractivity contribution < 1.29 is 14.4 Å². The molecule has 168 valence electrons. The van der Waals surface area contributed by atoms with E-state index in [1.165, 1.54) is 32.1 Å². The quantitative estimate of drug-likeness (QED) is 0.637. The number of nitrogens with zero attached hydrogens (tertiary/aromatic N) is 2. The average molecular weight is 426 g/mol. The maximum absolute atomic E-state index is 13.1. The third-order valence-corrected chi connectivity index (χ3v) is 7.55. The van der Waals surface area contributed by atoms with Crippen molar-refractivity contribution in [1.29, 1.82) is 0 Å². The number of carbonyl (C=O) groups excluding carboxylic acids is 3. The molecule has 2 fully saturated rings. The van der Waals surface area contributed by atoms with Crippen LogP contribution in [0.5, 0.6) is 0 Å². The molecule has 3 amide bonds. The molecule has 2 atom stereocenters. The SMILES string of the molecule is CCCCC1(CCC)CN(C2(C)C=CC3=C(C=C2)C(=O)N(C2CCC(=O)NC2=O)C3)C1. The van der Waals surface area contributed by atoms with Crippen molar-refractivity contribution in [3.8, 4) is 0 Å². The van der Waals surface area contributed by atoms with Gasteiger partial charge in [0.15, 0.2) is 0 Å². The molecule has 4 aliphatic rings. The third-order valence-electron chi connectivity index (χ3n) is 7.55. The van der Waals surface area contributed by atoms with E-state index in [1.807, 2.05) is 6.08 Å². The van der Waals surface area contributed by atoms with Crippen molar-refractivity contribution in [1.82, 2.24) is 15.1 Å². The van der Waals surface area contributed by atoms with E-state index in [1.54, 1.807) is 4.90 Å². The van der Waals surface area contributed by atoms with Crippen LogP contribution in [0.2, 0.25) is 0 Å². The van der Waals surface area contributed by atoms with Crippen molar-refractivity contribution in [2.45, 2.75) is 77.3 Å². The molecule has 0 saturated carbocycles. The Morgan fingerprint density at radius 1 is 1.06 bits per heavy atom. The zero-order valence-corrected chi connectivity index (χ0v) is 19.1. The highest BCUT2D eigenvalue weighted by Gasteiger charge is 2.48. The zero-order chi connectivity index (χ0) is 22.2. The molecule has 0 spiro atoms. The predicted octanol–water partition coefficient (Wildman–Crippen LogP) is 3.11. The molecule has 0 radical (unpaired) electrons. The molecule has 0 aromatic heterocycles. The van der Waals surface area contributed by atoms with Crippen LogP contribution in [0.3, 0.4) is 0 Å². The minimum atomic E-state index is -0.561. The highest BCUT2D eigenvalue weighted by Crippen LogP contribution is 2.45. The number of hydrogen-bond donors (Lipinski definition) is 1. The van der Waals surface area contributed by atoms with Gasteiger partial charge in [0, 0.05) is 31.6 Å². The summed E-state index contributed by atoms with van der Waals surface area (Å²) in [5.41, 5.74) is 1.88. The first-order chi connectivity index (χ1) is 14.8. The van der Waals surface area contributed by atoms with Gasteiger partial charge in [-0.2, -0.15) is 0 Å². The summed E-state index contributed by atoms with van der Waals surface area (Å²) in [5.74, 6) is -0.730. The lowest BCUT2D eigenvalue weighted by Crippen LogP contribution is -2.63. The number of rotatable bonds is 7. The summed E-state index contributed by atoms with van der Waals surface area (Å²) in [5, 5.41) is 2.36. The van der Waals surface area contributed by atoms with Crippen LogP contribution in [0.25, 0.3) is 0 Å². The van der Waals surface area contributed by atoms with Gasteiger partial charge in [0.1, 0.15) is 6.04 Å². The number of nitrogens with one attached hydrogen (secondary N) is 1. The van der Waals surface area contributed by atoms with Gasteiger partial charge in [0.05, 0.1) is 5.54 Å². The van der Waals surface area contributed by atoms with Crippen LogP contribution < -0.4 is 5.32 Å². The standard InChI is InChI=1S/C25H35N3O3/c1-4-6-12-25(11-5-2)16-27(17-25)24(3)13-9-18-15-28(23(31)19(18)10-14-24)20-7-8-21(29)26-22(20)30/h9-10,13-14,20H,4-8,11-12,15-17H2,1-3H3,(H,26,29,30). The number of imide groups is 1. The fourth-order valence-corrected chi connectivity index (χ4v) is 5.60. The van der Waals surface area contributed by atoms with E-state index >= 15 is 0 Å². The predicted molar refractivity (Wildman–Crippen MR) is 120 cm³/mol. The molecule has 3 heterocycles. The molecular weight excluding hydrogens is 390 g/mol. The molecule has 3 aliphatic heterocycles. The van der Waals surface area contributed by atoms with Gasteiger partial charge in [0.2, 0.25) is 11.8 Å². The molecule has 0 bridgehead atoms. The monoisotopic (exact) mass is 425 g/mol.